The minimum absolute atomic E-state index is 0.184. The van der Waals surface area contributed by atoms with Gasteiger partial charge in [0.25, 0.3) is 0 Å². The standard InChI is InChI=1S/C16H19ClN2/c1-10-6-7-12(17)9-16(10)19-11(2)8-13-14(18)4-3-5-15(13)19/h6-9,14H,3-5,18H2,1-2H3. The summed E-state index contributed by atoms with van der Waals surface area (Å²) in [6.07, 6.45) is 3.35. The summed E-state index contributed by atoms with van der Waals surface area (Å²) >= 11 is 6.16. The smallest absolute Gasteiger partial charge is 0.0499 e. The third-order valence-corrected chi connectivity index (χ3v) is 4.30. The van der Waals surface area contributed by atoms with E-state index < -0.39 is 0 Å². The van der Waals surface area contributed by atoms with Crippen molar-refractivity contribution in [2.45, 2.75) is 39.2 Å². The largest absolute Gasteiger partial charge is 0.324 e. The first-order chi connectivity index (χ1) is 9.08. The number of hydrogen-bond acceptors (Lipinski definition) is 1. The molecule has 0 amide bonds. The summed E-state index contributed by atoms with van der Waals surface area (Å²) in [7, 11) is 0. The Labute approximate surface area is 119 Å². The molecule has 0 radical (unpaired) electrons. The van der Waals surface area contributed by atoms with Crippen LogP contribution in [0, 0.1) is 13.8 Å². The SMILES string of the molecule is Cc1ccc(Cl)cc1-n1c(C)cc2c1CCCC2N. The number of benzene rings is 1. The second-order valence-electron chi connectivity index (χ2n) is 5.45. The van der Waals surface area contributed by atoms with E-state index in [9.17, 15) is 0 Å². The molecule has 0 aliphatic heterocycles. The van der Waals surface area contributed by atoms with Crippen LogP contribution in [0.25, 0.3) is 5.69 Å². The van der Waals surface area contributed by atoms with Gasteiger partial charge in [0.15, 0.2) is 0 Å². The zero-order chi connectivity index (χ0) is 13.6. The van der Waals surface area contributed by atoms with Gasteiger partial charge >= 0.3 is 0 Å². The average molecular weight is 275 g/mol. The molecule has 0 fully saturated rings. The minimum atomic E-state index is 0.184. The summed E-state index contributed by atoms with van der Waals surface area (Å²) in [5.74, 6) is 0. The number of hydrogen-bond donors (Lipinski definition) is 1. The number of aromatic nitrogens is 1. The number of halogens is 1. The molecule has 100 valence electrons. The lowest BCUT2D eigenvalue weighted by Gasteiger charge is -2.22. The molecule has 1 aromatic carbocycles. The maximum Gasteiger partial charge on any atom is 0.0499 e. The summed E-state index contributed by atoms with van der Waals surface area (Å²) in [6.45, 7) is 4.27. The highest BCUT2D eigenvalue weighted by atomic mass is 35.5. The van der Waals surface area contributed by atoms with Gasteiger partial charge in [0.05, 0.1) is 0 Å². The zero-order valence-corrected chi connectivity index (χ0v) is 12.2. The molecule has 1 unspecified atom stereocenters. The van der Waals surface area contributed by atoms with Gasteiger partial charge in [0.2, 0.25) is 0 Å². The zero-order valence-electron chi connectivity index (χ0n) is 11.4. The molecule has 0 saturated carbocycles. The fourth-order valence-corrected chi connectivity index (χ4v) is 3.26. The van der Waals surface area contributed by atoms with Gasteiger partial charge in [-0.25, -0.2) is 0 Å². The Morgan fingerprint density at radius 2 is 2.05 bits per heavy atom. The Kier molecular flexibility index (Phi) is 3.15. The number of aryl methyl sites for hydroxylation is 2. The molecule has 2 N–H and O–H groups in total. The molecular formula is C16H19ClN2. The minimum Gasteiger partial charge on any atom is -0.324 e. The van der Waals surface area contributed by atoms with Gasteiger partial charge in [-0.15, -0.1) is 0 Å². The van der Waals surface area contributed by atoms with Crippen molar-refractivity contribution >= 4 is 11.6 Å². The lowest BCUT2D eigenvalue weighted by atomic mass is 9.93. The maximum absolute atomic E-state index is 6.24. The van der Waals surface area contributed by atoms with Gasteiger partial charge in [-0.2, -0.15) is 0 Å². The topological polar surface area (TPSA) is 30.9 Å². The normalized spacial score (nSPS) is 18.4. The summed E-state index contributed by atoms with van der Waals surface area (Å²) in [4.78, 5) is 0. The fraction of sp³-hybridized carbons (Fsp3) is 0.375. The Hall–Kier alpha value is -1.25. The van der Waals surface area contributed by atoms with Crippen molar-refractivity contribution in [3.63, 3.8) is 0 Å². The molecule has 0 saturated heterocycles. The van der Waals surface area contributed by atoms with Crippen molar-refractivity contribution in [3.05, 3.63) is 51.8 Å². The summed E-state index contributed by atoms with van der Waals surface area (Å²) < 4.78 is 2.33. The molecule has 3 rings (SSSR count). The summed E-state index contributed by atoms with van der Waals surface area (Å²) in [5, 5.41) is 0.780. The first-order valence-corrected chi connectivity index (χ1v) is 7.19. The van der Waals surface area contributed by atoms with Gasteiger partial charge in [0.1, 0.15) is 0 Å². The highest BCUT2D eigenvalue weighted by Crippen LogP contribution is 2.34. The van der Waals surface area contributed by atoms with Crippen molar-refractivity contribution < 1.29 is 0 Å². The molecule has 0 bridgehead atoms. The van der Waals surface area contributed by atoms with E-state index >= 15 is 0 Å². The van der Waals surface area contributed by atoms with E-state index in [0.29, 0.717) is 0 Å². The van der Waals surface area contributed by atoms with Crippen LogP contribution in [0.2, 0.25) is 5.02 Å². The molecule has 1 heterocycles. The van der Waals surface area contributed by atoms with E-state index in [2.05, 4.69) is 30.5 Å². The van der Waals surface area contributed by atoms with Crippen LogP contribution in [0.15, 0.2) is 24.3 Å². The summed E-state index contributed by atoms with van der Waals surface area (Å²) in [6, 6.07) is 8.48. The van der Waals surface area contributed by atoms with Crippen LogP contribution >= 0.6 is 11.6 Å². The van der Waals surface area contributed by atoms with Crippen molar-refractivity contribution in [1.82, 2.24) is 4.57 Å². The first kappa shape index (κ1) is 12.8. The van der Waals surface area contributed by atoms with Crippen molar-refractivity contribution in [1.29, 1.82) is 0 Å². The van der Waals surface area contributed by atoms with Crippen LogP contribution < -0.4 is 5.73 Å². The second-order valence-corrected chi connectivity index (χ2v) is 5.89. The van der Waals surface area contributed by atoms with Crippen LogP contribution in [0.3, 0.4) is 0 Å². The fourth-order valence-electron chi connectivity index (χ4n) is 3.10. The molecule has 2 aromatic rings. The molecular weight excluding hydrogens is 256 g/mol. The van der Waals surface area contributed by atoms with Gasteiger partial charge in [0, 0.05) is 28.1 Å². The second kappa shape index (κ2) is 4.69. The molecule has 1 aromatic heterocycles. The van der Waals surface area contributed by atoms with Crippen LogP contribution in [-0.2, 0) is 6.42 Å². The van der Waals surface area contributed by atoms with Crippen LogP contribution in [0.5, 0.6) is 0 Å². The Morgan fingerprint density at radius 3 is 2.84 bits per heavy atom. The van der Waals surface area contributed by atoms with E-state index in [-0.39, 0.29) is 6.04 Å². The molecule has 19 heavy (non-hydrogen) atoms. The van der Waals surface area contributed by atoms with Gasteiger partial charge in [-0.3, -0.25) is 0 Å². The molecule has 1 atom stereocenters. The van der Waals surface area contributed by atoms with Crippen LogP contribution in [0.4, 0.5) is 0 Å². The van der Waals surface area contributed by atoms with E-state index in [1.807, 2.05) is 12.1 Å². The third-order valence-electron chi connectivity index (χ3n) is 4.06. The number of fused-ring (bicyclic) bond motifs is 1. The quantitative estimate of drug-likeness (QED) is 0.834. The van der Waals surface area contributed by atoms with Crippen molar-refractivity contribution in [2.24, 2.45) is 5.73 Å². The van der Waals surface area contributed by atoms with E-state index in [0.717, 1.165) is 24.3 Å². The van der Waals surface area contributed by atoms with E-state index in [4.69, 9.17) is 17.3 Å². The predicted molar refractivity (Wildman–Crippen MR) is 80.1 cm³/mol. The molecule has 2 nitrogen and oxygen atoms in total. The molecule has 1 aliphatic carbocycles. The summed E-state index contributed by atoms with van der Waals surface area (Å²) in [5.41, 5.74) is 12.6. The van der Waals surface area contributed by atoms with Crippen molar-refractivity contribution in [3.8, 4) is 5.69 Å². The van der Waals surface area contributed by atoms with Gasteiger partial charge in [-0.1, -0.05) is 17.7 Å². The lowest BCUT2D eigenvalue weighted by molar-refractivity contribution is 0.559. The number of rotatable bonds is 1. The van der Waals surface area contributed by atoms with E-state index in [1.165, 1.54) is 28.2 Å². The van der Waals surface area contributed by atoms with Crippen molar-refractivity contribution in [2.75, 3.05) is 0 Å². The molecule has 0 spiro atoms. The van der Waals surface area contributed by atoms with Gasteiger partial charge < -0.3 is 10.3 Å². The Balaban J connectivity index is 2.23. The average Bonchev–Trinajstić information content (AvgIpc) is 2.70. The first-order valence-electron chi connectivity index (χ1n) is 6.81. The monoisotopic (exact) mass is 274 g/mol. The third kappa shape index (κ3) is 2.09. The number of nitrogens with two attached hydrogens (primary N) is 1. The molecule has 3 heteroatoms. The highest BCUT2D eigenvalue weighted by Gasteiger charge is 2.23. The highest BCUT2D eigenvalue weighted by molar-refractivity contribution is 6.30. The van der Waals surface area contributed by atoms with Crippen LogP contribution in [0.1, 0.15) is 41.4 Å². The maximum atomic E-state index is 6.24. The Morgan fingerprint density at radius 1 is 1.26 bits per heavy atom. The predicted octanol–water partition coefficient (Wildman–Crippen LogP) is 4.08. The van der Waals surface area contributed by atoms with E-state index in [1.54, 1.807) is 0 Å². The lowest BCUT2D eigenvalue weighted by Crippen LogP contribution is -2.18. The Bertz CT molecular complexity index is 628. The number of nitrogens with zero attached hydrogens (tertiary/aromatic N) is 1. The van der Waals surface area contributed by atoms with Crippen LogP contribution in [-0.4, -0.2) is 4.57 Å². The van der Waals surface area contributed by atoms with Gasteiger partial charge in [-0.05, 0) is 62.4 Å². The molecule has 1 aliphatic rings.